The van der Waals surface area contributed by atoms with E-state index < -0.39 is 6.10 Å². The van der Waals surface area contributed by atoms with E-state index in [1.165, 1.54) is 11.2 Å². The molecule has 2 aromatic heterocycles. The summed E-state index contributed by atoms with van der Waals surface area (Å²) in [5.74, 6) is 0.995. The van der Waals surface area contributed by atoms with E-state index in [9.17, 15) is 10.1 Å². The van der Waals surface area contributed by atoms with E-state index >= 15 is 0 Å². The summed E-state index contributed by atoms with van der Waals surface area (Å²) in [5, 5.41) is 14.6. The molecule has 0 spiro atoms. The Kier molecular flexibility index (Phi) is 6.43. The molecule has 8 nitrogen and oxygen atoms in total. The monoisotopic (exact) mass is 490 g/mol. The Morgan fingerprint density at radius 1 is 1.11 bits per heavy atom. The number of rotatable bonds is 7. The third-order valence-corrected chi connectivity index (χ3v) is 6.23. The molecule has 1 amide bonds. The first-order valence-corrected chi connectivity index (χ1v) is 11.9. The number of nitrogens with one attached hydrogen (secondary N) is 1. The van der Waals surface area contributed by atoms with Gasteiger partial charge in [-0.1, -0.05) is 24.3 Å². The number of fused-ring (bicyclic) bond motifs is 2. The van der Waals surface area contributed by atoms with Crippen LogP contribution in [0.3, 0.4) is 0 Å². The van der Waals surface area contributed by atoms with Crippen molar-refractivity contribution in [3.63, 3.8) is 0 Å². The van der Waals surface area contributed by atoms with Crippen molar-refractivity contribution in [3.8, 4) is 11.8 Å². The van der Waals surface area contributed by atoms with E-state index in [1.807, 2.05) is 60.8 Å². The lowest BCUT2D eigenvalue weighted by Crippen LogP contribution is -2.35. The van der Waals surface area contributed by atoms with Crippen molar-refractivity contribution in [2.45, 2.75) is 19.6 Å². The first-order chi connectivity index (χ1) is 17.9. The Morgan fingerprint density at radius 2 is 1.95 bits per heavy atom. The molecular formula is C29H26N6O2. The van der Waals surface area contributed by atoms with Crippen molar-refractivity contribution in [2.75, 3.05) is 19.4 Å². The van der Waals surface area contributed by atoms with Crippen LogP contribution in [0.4, 0.5) is 11.5 Å². The highest BCUT2D eigenvalue weighted by Gasteiger charge is 2.19. The van der Waals surface area contributed by atoms with Gasteiger partial charge in [-0.2, -0.15) is 5.26 Å². The number of ether oxygens (including phenoxy) is 1. The molecule has 0 aliphatic heterocycles. The molecule has 0 radical (unpaired) electrons. The molecule has 1 atom stereocenters. The second-order valence-electron chi connectivity index (χ2n) is 8.98. The maximum absolute atomic E-state index is 12.4. The van der Waals surface area contributed by atoms with Crippen LogP contribution in [-0.2, 0) is 11.3 Å². The average molecular weight is 491 g/mol. The standard InChI is InChI=1S/C29H26N6O2/c1-19(29(36)34(2)3)37-26-10-6-9-24-27(26)28(32-18-31-24)33-23-11-12-25-20(15-23)13-14-35(25)17-22-8-5-4-7-21(22)16-30/h4-15,18-19H,17H2,1-3H3,(H,31,32,33)/t19-/m1/s1. The first-order valence-electron chi connectivity index (χ1n) is 11.9. The third kappa shape index (κ3) is 4.80. The van der Waals surface area contributed by atoms with Crippen LogP contribution < -0.4 is 10.1 Å². The van der Waals surface area contributed by atoms with Crippen molar-refractivity contribution in [1.29, 1.82) is 5.26 Å². The molecule has 0 fully saturated rings. The number of hydrogen-bond acceptors (Lipinski definition) is 6. The van der Waals surface area contributed by atoms with Gasteiger partial charge in [0.15, 0.2) is 6.10 Å². The van der Waals surface area contributed by atoms with Crippen LogP contribution in [0.5, 0.6) is 5.75 Å². The van der Waals surface area contributed by atoms with Gasteiger partial charge in [0.05, 0.1) is 22.5 Å². The number of anilines is 2. The second-order valence-corrected chi connectivity index (χ2v) is 8.98. The highest BCUT2D eigenvalue weighted by Crippen LogP contribution is 2.33. The summed E-state index contributed by atoms with van der Waals surface area (Å²) in [6.45, 7) is 2.34. The zero-order chi connectivity index (χ0) is 25.9. The zero-order valence-electron chi connectivity index (χ0n) is 20.8. The lowest BCUT2D eigenvalue weighted by Gasteiger charge is -2.20. The fourth-order valence-corrected chi connectivity index (χ4v) is 4.38. The van der Waals surface area contributed by atoms with E-state index in [1.54, 1.807) is 21.0 Å². The SMILES string of the molecule is C[C@@H](Oc1cccc2ncnc(Nc3ccc4c(ccn4Cc4ccccc4C#N)c3)c12)C(=O)N(C)C. The van der Waals surface area contributed by atoms with Gasteiger partial charge < -0.3 is 19.5 Å². The summed E-state index contributed by atoms with van der Waals surface area (Å²) in [4.78, 5) is 22.7. The highest BCUT2D eigenvalue weighted by molar-refractivity contribution is 5.97. The van der Waals surface area contributed by atoms with Gasteiger partial charge >= 0.3 is 0 Å². The Hall–Kier alpha value is -4.90. The Labute approximate surface area is 214 Å². The number of benzene rings is 3. The lowest BCUT2D eigenvalue weighted by atomic mass is 10.1. The van der Waals surface area contributed by atoms with Crippen LogP contribution in [0.15, 0.2) is 79.3 Å². The normalized spacial score (nSPS) is 11.7. The molecule has 0 unspecified atom stereocenters. The molecule has 1 N–H and O–H groups in total. The number of nitriles is 1. The predicted molar refractivity (Wildman–Crippen MR) is 144 cm³/mol. The number of carbonyl (C=O) groups excluding carboxylic acids is 1. The van der Waals surface area contributed by atoms with Crippen molar-refractivity contribution in [3.05, 3.63) is 90.4 Å². The van der Waals surface area contributed by atoms with Gasteiger partial charge in [-0.05, 0) is 55.0 Å². The van der Waals surface area contributed by atoms with E-state index in [2.05, 4.69) is 38.1 Å². The minimum absolute atomic E-state index is 0.129. The van der Waals surface area contributed by atoms with Gasteiger partial charge in [-0.3, -0.25) is 4.79 Å². The summed E-state index contributed by atoms with van der Waals surface area (Å²) < 4.78 is 8.17. The molecule has 0 saturated heterocycles. The van der Waals surface area contributed by atoms with E-state index in [-0.39, 0.29) is 5.91 Å². The summed E-state index contributed by atoms with van der Waals surface area (Å²) in [7, 11) is 3.40. The topological polar surface area (TPSA) is 96.1 Å². The van der Waals surface area contributed by atoms with Crippen molar-refractivity contribution < 1.29 is 9.53 Å². The fraction of sp³-hybridized carbons (Fsp3) is 0.172. The number of nitrogens with zero attached hydrogens (tertiary/aromatic N) is 5. The van der Waals surface area contributed by atoms with Crippen LogP contribution in [0.1, 0.15) is 18.1 Å². The lowest BCUT2D eigenvalue weighted by molar-refractivity contribution is -0.135. The number of hydrogen-bond donors (Lipinski definition) is 1. The first kappa shape index (κ1) is 23.8. The minimum atomic E-state index is -0.657. The van der Waals surface area contributed by atoms with Crippen molar-refractivity contribution >= 4 is 39.2 Å². The van der Waals surface area contributed by atoms with Crippen molar-refractivity contribution in [2.24, 2.45) is 0 Å². The molecule has 8 heteroatoms. The van der Waals surface area contributed by atoms with Gasteiger partial charge in [0, 0.05) is 43.4 Å². The molecule has 2 heterocycles. The molecule has 0 aliphatic rings. The molecule has 3 aromatic carbocycles. The summed E-state index contributed by atoms with van der Waals surface area (Å²) in [6, 6.07) is 23.6. The molecule has 184 valence electrons. The average Bonchev–Trinajstić information content (AvgIpc) is 3.30. The zero-order valence-corrected chi connectivity index (χ0v) is 20.8. The van der Waals surface area contributed by atoms with Gasteiger partial charge in [-0.25, -0.2) is 9.97 Å². The maximum Gasteiger partial charge on any atom is 0.262 e. The largest absolute Gasteiger partial charge is 0.480 e. The van der Waals surface area contributed by atoms with E-state index in [0.29, 0.717) is 34.6 Å². The molecule has 0 bridgehead atoms. The number of amides is 1. The van der Waals surface area contributed by atoms with E-state index in [0.717, 1.165) is 22.2 Å². The smallest absolute Gasteiger partial charge is 0.262 e. The molecule has 37 heavy (non-hydrogen) atoms. The summed E-state index contributed by atoms with van der Waals surface area (Å²) in [6.07, 6.45) is 2.87. The van der Waals surface area contributed by atoms with Crippen LogP contribution in [0, 0.1) is 11.3 Å². The van der Waals surface area contributed by atoms with Gasteiger partial charge in [0.2, 0.25) is 0 Å². The van der Waals surface area contributed by atoms with Gasteiger partial charge in [0.1, 0.15) is 17.9 Å². The van der Waals surface area contributed by atoms with Crippen LogP contribution in [-0.4, -0.2) is 45.5 Å². The Morgan fingerprint density at radius 3 is 2.76 bits per heavy atom. The number of aromatic nitrogens is 3. The van der Waals surface area contributed by atoms with Gasteiger partial charge in [0.25, 0.3) is 5.91 Å². The van der Waals surface area contributed by atoms with E-state index in [4.69, 9.17) is 4.74 Å². The maximum atomic E-state index is 12.4. The summed E-state index contributed by atoms with van der Waals surface area (Å²) in [5.41, 5.74) is 4.29. The minimum Gasteiger partial charge on any atom is -0.480 e. The highest BCUT2D eigenvalue weighted by atomic mass is 16.5. The summed E-state index contributed by atoms with van der Waals surface area (Å²) >= 11 is 0. The number of likely N-dealkylation sites (N-methyl/N-ethyl adjacent to an activating group) is 1. The van der Waals surface area contributed by atoms with Crippen molar-refractivity contribution in [1.82, 2.24) is 19.4 Å². The second kappa shape index (κ2) is 9.99. The Balaban J connectivity index is 1.45. The quantitative estimate of drug-likeness (QED) is 0.341. The van der Waals surface area contributed by atoms with Gasteiger partial charge in [-0.15, -0.1) is 0 Å². The van der Waals surface area contributed by atoms with Crippen LogP contribution >= 0.6 is 0 Å². The third-order valence-electron chi connectivity index (χ3n) is 6.23. The molecule has 5 rings (SSSR count). The predicted octanol–water partition coefficient (Wildman–Crippen LogP) is 5.10. The van der Waals surface area contributed by atoms with Crippen LogP contribution in [0.2, 0.25) is 0 Å². The van der Waals surface area contributed by atoms with Crippen LogP contribution in [0.25, 0.3) is 21.8 Å². The molecule has 5 aromatic rings. The Bertz CT molecular complexity index is 1640. The molecular weight excluding hydrogens is 464 g/mol. The molecule has 0 aliphatic carbocycles. The number of carbonyl (C=O) groups is 1. The molecule has 0 saturated carbocycles. The fourth-order valence-electron chi connectivity index (χ4n) is 4.38.